The van der Waals surface area contributed by atoms with Gasteiger partial charge in [-0.3, -0.25) is 0 Å². The van der Waals surface area contributed by atoms with Crippen LogP contribution in [0.25, 0.3) is 4.85 Å². The van der Waals surface area contributed by atoms with Crippen molar-refractivity contribution in [3.05, 3.63) is 47.8 Å². The Kier molecular flexibility index (Phi) is 9.31. The van der Waals surface area contributed by atoms with Gasteiger partial charge in [0.15, 0.2) is 22.1 Å². The molecule has 0 bridgehead atoms. The van der Waals surface area contributed by atoms with Crippen molar-refractivity contribution < 1.29 is 23.1 Å². The Hall–Kier alpha value is -2.70. The third kappa shape index (κ3) is 6.34. The summed E-state index contributed by atoms with van der Waals surface area (Å²) >= 11 is 1.38. The smallest absolute Gasteiger partial charge is 0.341 e. The highest BCUT2D eigenvalue weighted by molar-refractivity contribution is 7.98. The Morgan fingerprint density at radius 1 is 1.17 bits per heavy atom. The van der Waals surface area contributed by atoms with Gasteiger partial charge < -0.3 is 14.7 Å². The number of carboxylic acid groups (broad SMARTS) is 1. The van der Waals surface area contributed by atoms with Crippen LogP contribution < -0.4 is 9.64 Å². The number of hydrogen-bond acceptors (Lipinski definition) is 6. The number of nitrogens with zero attached hydrogens (tertiary/aromatic N) is 2. The SMILES string of the molecule is [C-]#[N+]c1ccc(N2CC(CCCC)(CCCC)CS(=O)(=O)c3cc(OCC(=O)O)c(SC)cc32)cc1. The minimum atomic E-state index is -3.71. The molecule has 0 saturated carbocycles. The molecule has 2 aromatic rings. The zero-order chi connectivity index (χ0) is 26.3. The third-order valence-electron chi connectivity index (χ3n) is 6.62. The van der Waals surface area contributed by atoms with Crippen molar-refractivity contribution >= 4 is 44.6 Å². The first kappa shape index (κ1) is 27.9. The van der Waals surface area contributed by atoms with Gasteiger partial charge in [-0.25, -0.2) is 18.1 Å². The van der Waals surface area contributed by atoms with Crippen molar-refractivity contribution in [2.45, 2.75) is 62.2 Å². The zero-order valence-corrected chi connectivity index (χ0v) is 22.8. The molecule has 1 aliphatic heterocycles. The van der Waals surface area contributed by atoms with E-state index in [1.807, 2.05) is 18.4 Å². The first-order valence-corrected chi connectivity index (χ1v) is 15.1. The highest BCUT2D eigenvalue weighted by Crippen LogP contribution is 2.48. The van der Waals surface area contributed by atoms with E-state index in [1.54, 1.807) is 18.2 Å². The van der Waals surface area contributed by atoms with Crippen LogP contribution in [0.4, 0.5) is 17.1 Å². The second-order valence-corrected chi connectivity index (χ2v) is 12.1. The summed E-state index contributed by atoms with van der Waals surface area (Å²) in [6.45, 7) is 11.5. The molecule has 0 aliphatic carbocycles. The van der Waals surface area contributed by atoms with Gasteiger partial charge in [0.1, 0.15) is 5.75 Å². The molecule has 1 N–H and O–H groups in total. The Morgan fingerprint density at radius 3 is 2.33 bits per heavy atom. The highest BCUT2D eigenvalue weighted by Gasteiger charge is 2.42. The molecule has 3 rings (SSSR count). The van der Waals surface area contributed by atoms with E-state index in [-0.39, 0.29) is 16.4 Å². The molecule has 1 aliphatic rings. The Bertz CT molecular complexity index is 1210. The van der Waals surface area contributed by atoms with Crippen LogP contribution in [0.5, 0.6) is 5.75 Å². The van der Waals surface area contributed by atoms with E-state index < -0.39 is 27.8 Å². The van der Waals surface area contributed by atoms with E-state index in [4.69, 9.17) is 16.4 Å². The molecule has 0 radical (unpaired) electrons. The molecule has 0 saturated heterocycles. The predicted molar refractivity (Wildman–Crippen MR) is 145 cm³/mol. The second kappa shape index (κ2) is 12.0. The molecule has 2 aromatic carbocycles. The summed E-state index contributed by atoms with van der Waals surface area (Å²) in [7, 11) is -3.71. The first-order valence-electron chi connectivity index (χ1n) is 12.2. The van der Waals surface area contributed by atoms with Crippen LogP contribution in [0.2, 0.25) is 0 Å². The van der Waals surface area contributed by atoms with Crippen LogP contribution in [0.1, 0.15) is 52.4 Å². The van der Waals surface area contributed by atoms with Gasteiger partial charge in [-0.15, -0.1) is 11.8 Å². The number of thioether (sulfide) groups is 1. The minimum absolute atomic E-state index is 0.0284. The number of ether oxygens (including phenoxy) is 1. The van der Waals surface area contributed by atoms with Crippen molar-refractivity contribution in [1.29, 1.82) is 0 Å². The van der Waals surface area contributed by atoms with Crippen LogP contribution >= 0.6 is 11.8 Å². The standard InChI is InChI=1S/C27H34N2O5S2/c1-5-7-13-27(14-8-6-2)18-29(21-11-9-20(28-3)10-12-21)22-15-24(35-4)23(34-17-26(30)31)16-25(22)36(32,33)19-27/h9-12,15-16H,5-8,13-14,17-19H2,1-2,4H3,(H,30,31). The average molecular weight is 531 g/mol. The summed E-state index contributed by atoms with van der Waals surface area (Å²) in [5.74, 6) is -0.842. The number of hydrogen-bond donors (Lipinski definition) is 1. The fraction of sp³-hybridized carbons (Fsp3) is 0.481. The van der Waals surface area contributed by atoms with Crippen LogP contribution in [-0.2, 0) is 14.6 Å². The maximum atomic E-state index is 14.0. The molecular weight excluding hydrogens is 496 g/mol. The lowest BCUT2D eigenvalue weighted by Crippen LogP contribution is -2.38. The molecule has 0 fully saturated rings. The van der Waals surface area contributed by atoms with Crippen molar-refractivity contribution in [2.24, 2.45) is 5.41 Å². The fourth-order valence-electron chi connectivity index (χ4n) is 4.82. The Balaban J connectivity index is 2.25. The average Bonchev–Trinajstić information content (AvgIpc) is 2.96. The molecular formula is C27H34N2O5S2. The number of anilines is 2. The highest BCUT2D eigenvalue weighted by atomic mass is 32.2. The number of unbranched alkanes of at least 4 members (excludes halogenated alkanes) is 2. The van der Waals surface area contributed by atoms with Gasteiger partial charge in [-0.05, 0) is 37.3 Å². The lowest BCUT2D eigenvalue weighted by atomic mass is 9.79. The number of fused-ring (bicyclic) bond motifs is 1. The van der Waals surface area contributed by atoms with E-state index in [9.17, 15) is 13.2 Å². The Labute approximate surface area is 218 Å². The van der Waals surface area contributed by atoms with E-state index in [0.717, 1.165) is 44.2 Å². The zero-order valence-electron chi connectivity index (χ0n) is 21.1. The van der Waals surface area contributed by atoms with E-state index in [0.29, 0.717) is 22.8 Å². The molecule has 9 heteroatoms. The number of benzene rings is 2. The van der Waals surface area contributed by atoms with Crippen LogP contribution in [0.15, 0.2) is 46.2 Å². The van der Waals surface area contributed by atoms with Gasteiger partial charge in [0.25, 0.3) is 0 Å². The lowest BCUT2D eigenvalue weighted by Gasteiger charge is -2.37. The predicted octanol–water partition coefficient (Wildman–Crippen LogP) is 6.71. The first-order chi connectivity index (χ1) is 17.2. The van der Waals surface area contributed by atoms with Crippen molar-refractivity contribution in [3.63, 3.8) is 0 Å². The van der Waals surface area contributed by atoms with Gasteiger partial charge in [0.2, 0.25) is 0 Å². The normalized spacial score (nSPS) is 16.0. The fourth-order valence-corrected chi connectivity index (χ4v) is 7.48. The summed E-state index contributed by atoms with van der Waals surface area (Å²) in [5, 5.41) is 9.11. The molecule has 1 heterocycles. The molecule has 0 aromatic heterocycles. The topological polar surface area (TPSA) is 88.3 Å². The number of rotatable bonds is 11. The number of carboxylic acids is 1. The summed E-state index contributed by atoms with van der Waals surface area (Å²) in [5.41, 5.74) is 1.47. The Morgan fingerprint density at radius 2 is 1.81 bits per heavy atom. The molecule has 0 amide bonds. The van der Waals surface area contributed by atoms with E-state index in [1.165, 1.54) is 17.8 Å². The maximum absolute atomic E-state index is 14.0. The van der Waals surface area contributed by atoms with Crippen LogP contribution in [0.3, 0.4) is 0 Å². The largest absolute Gasteiger partial charge is 0.481 e. The number of carbonyl (C=O) groups is 1. The molecule has 7 nitrogen and oxygen atoms in total. The summed E-state index contributed by atoms with van der Waals surface area (Å²) < 4.78 is 33.4. The van der Waals surface area contributed by atoms with Crippen LogP contribution in [-0.4, -0.2) is 44.7 Å². The molecule has 0 unspecified atom stereocenters. The van der Waals surface area contributed by atoms with E-state index in [2.05, 4.69) is 23.6 Å². The minimum Gasteiger partial charge on any atom is -0.481 e. The van der Waals surface area contributed by atoms with E-state index >= 15 is 0 Å². The van der Waals surface area contributed by atoms with Crippen molar-refractivity contribution in [2.75, 3.05) is 30.1 Å². The summed E-state index contributed by atoms with van der Waals surface area (Å²) in [6.07, 6.45) is 7.26. The third-order valence-corrected chi connectivity index (χ3v) is 9.37. The quantitative estimate of drug-likeness (QED) is 0.255. The summed E-state index contributed by atoms with van der Waals surface area (Å²) in [6, 6.07) is 10.5. The number of sulfone groups is 1. The van der Waals surface area contributed by atoms with Crippen molar-refractivity contribution in [3.8, 4) is 5.75 Å². The van der Waals surface area contributed by atoms with Crippen LogP contribution in [0, 0.1) is 12.0 Å². The molecule has 0 spiro atoms. The molecule has 36 heavy (non-hydrogen) atoms. The van der Waals surface area contributed by atoms with Gasteiger partial charge in [-0.1, -0.05) is 51.7 Å². The summed E-state index contributed by atoms with van der Waals surface area (Å²) in [4.78, 5) is 17.5. The molecule has 194 valence electrons. The van der Waals surface area contributed by atoms with Gasteiger partial charge >= 0.3 is 5.97 Å². The van der Waals surface area contributed by atoms with Crippen molar-refractivity contribution in [1.82, 2.24) is 0 Å². The van der Waals surface area contributed by atoms with Gasteiger partial charge in [-0.2, -0.15) is 0 Å². The molecule has 0 atom stereocenters. The lowest BCUT2D eigenvalue weighted by molar-refractivity contribution is -0.139. The maximum Gasteiger partial charge on any atom is 0.341 e. The monoisotopic (exact) mass is 530 g/mol. The second-order valence-electron chi connectivity index (χ2n) is 9.33. The van der Waals surface area contributed by atoms with Gasteiger partial charge in [0.05, 0.1) is 27.8 Å². The number of aliphatic carboxylic acids is 1. The van der Waals surface area contributed by atoms with Gasteiger partial charge in [0, 0.05) is 23.7 Å².